The molecular formula is C15H18ClN3O2. The zero-order valence-corrected chi connectivity index (χ0v) is 13.3. The number of rotatable bonds is 4. The Labute approximate surface area is 128 Å². The van der Waals surface area contributed by atoms with Gasteiger partial charge in [-0.3, -0.25) is 9.48 Å². The van der Waals surface area contributed by atoms with E-state index in [1.165, 1.54) is 0 Å². The van der Waals surface area contributed by atoms with Crippen LogP contribution >= 0.6 is 11.6 Å². The largest absolute Gasteiger partial charge is 0.497 e. The molecule has 0 aliphatic carbocycles. The van der Waals surface area contributed by atoms with Crippen LogP contribution in [0, 0.1) is 13.8 Å². The van der Waals surface area contributed by atoms with E-state index in [0.29, 0.717) is 16.5 Å². The molecule has 1 aromatic carbocycles. The van der Waals surface area contributed by atoms with Crippen LogP contribution in [-0.4, -0.2) is 22.8 Å². The number of methoxy groups -OCH3 is 1. The van der Waals surface area contributed by atoms with Gasteiger partial charge in [0.2, 0.25) is 5.91 Å². The van der Waals surface area contributed by atoms with Crippen LogP contribution in [0.5, 0.6) is 5.75 Å². The summed E-state index contributed by atoms with van der Waals surface area (Å²) < 4.78 is 6.85. The summed E-state index contributed by atoms with van der Waals surface area (Å²) in [6, 6.07) is 5.14. The van der Waals surface area contributed by atoms with E-state index in [2.05, 4.69) is 10.4 Å². The van der Waals surface area contributed by atoms with Gasteiger partial charge in [-0.15, -0.1) is 0 Å². The van der Waals surface area contributed by atoms with Crippen molar-refractivity contribution in [2.45, 2.75) is 20.3 Å². The van der Waals surface area contributed by atoms with Gasteiger partial charge in [0.05, 0.1) is 29.9 Å². The van der Waals surface area contributed by atoms with Crippen LogP contribution in [0.15, 0.2) is 18.2 Å². The third kappa shape index (κ3) is 3.36. The molecule has 0 unspecified atom stereocenters. The van der Waals surface area contributed by atoms with Crippen molar-refractivity contribution in [1.29, 1.82) is 0 Å². The second-order valence-electron chi connectivity index (χ2n) is 4.84. The predicted molar refractivity (Wildman–Crippen MR) is 83.0 cm³/mol. The standard InChI is InChI=1S/C15H18ClN3O2/c1-9-12(10(2)19(3)18-9)8-15(20)17-14-6-5-11(21-4)7-13(14)16/h5-7H,8H2,1-4H3,(H,17,20). The molecule has 21 heavy (non-hydrogen) atoms. The minimum Gasteiger partial charge on any atom is -0.497 e. The summed E-state index contributed by atoms with van der Waals surface area (Å²) in [4.78, 5) is 12.2. The van der Waals surface area contributed by atoms with E-state index in [9.17, 15) is 4.79 Å². The second-order valence-corrected chi connectivity index (χ2v) is 5.25. The third-order valence-corrected chi connectivity index (χ3v) is 3.76. The van der Waals surface area contributed by atoms with Crippen molar-refractivity contribution in [1.82, 2.24) is 9.78 Å². The zero-order valence-electron chi connectivity index (χ0n) is 12.5. The van der Waals surface area contributed by atoms with E-state index in [-0.39, 0.29) is 12.3 Å². The maximum absolute atomic E-state index is 12.2. The Morgan fingerprint density at radius 3 is 2.67 bits per heavy atom. The van der Waals surface area contributed by atoms with Crippen LogP contribution in [-0.2, 0) is 18.3 Å². The number of nitrogens with zero attached hydrogens (tertiary/aromatic N) is 2. The fraction of sp³-hybridized carbons (Fsp3) is 0.333. The molecule has 112 valence electrons. The van der Waals surface area contributed by atoms with Gasteiger partial charge in [0.25, 0.3) is 0 Å². The van der Waals surface area contributed by atoms with Crippen molar-refractivity contribution >= 4 is 23.2 Å². The quantitative estimate of drug-likeness (QED) is 0.945. The molecule has 0 aliphatic heterocycles. The molecule has 0 bridgehead atoms. The van der Waals surface area contributed by atoms with Crippen molar-refractivity contribution in [2.24, 2.45) is 7.05 Å². The topological polar surface area (TPSA) is 56.1 Å². The molecule has 6 heteroatoms. The van der Waals surface area contributed by atoms with E-state index < -0.39 is 0 Å². The number of hydrogen-bond acceptors (Lipinski definition) is 3. The van der Waals surface area contributed by atoms with Crippen LogP contribution in [0.25, 0.3) is 0 Å². The van der Waals surface area contributed by atoms with E-state index in [1.54, 1.807) is 30.0 Å². The molecule has 2 aromatic rings. The number of aromatic nitrogens is 2. The summed E-state index contributed by atoms with van der Waals surface area (Å²) in [5.41, 5.74) is 3.37. The smallest absolute Gasteiger partial charge is 0.228 e. The molecule has 0 radical (unpaired) electrons. The molecule has 1 amide bonds. The lowest BCUT2D eigenvalue weighted by atomic mass is 10.1. The minimum atomic E-state index is -0.124. The van der Waals surface area contributed by atoms with Crippen LogP contribution < -0.4 is 10.1 Å². The highest BCUT2D eigenvalue weighted by Crippen LogP contribution is 2.26. The monoisotopic (exact) mass is 307 g/mol. The predicted octanol–water partition coefficient (Wildman–Crippen LogP) is 2.88. The zero-order chi connectivity index (χ0) is 15.6. The van der Waals surface area contributed by atoms with E-state index >= 15 is 0 Å². The number of hydrogen-bond donors (Lipinski definition) is 1. The van der Waals surface area contributed by atoms with Gasteiger partial charge in [0.15, 0.2) is 0 Å². The van der Waals surface area contributed by atoms with Crippen molar-refractivity contribution < 1.29 is 9.53 Å². The number of amides is 1. The van der Waals surface area contributed by atoms with Gasteiger partial charge in [-0.2, -0.15) is 5.10 Å². The number of benzene rings is 1. The first-order valence-corrected chi connectivity index (χ1v) is 6.92. The maximum Gasteiger partial charge on any atom is 0.228 e. The molecular weight excluding hydrogens is 290 g/mol. The Morgan fingerprint density at radius 2 is 2.14 bits per heavy atom. The highest BCUT2D eigenvalue weighted by atomic mass is 35.5. The van der Waals surface area contributed by atoms with Gasteiger partial charge in [-0.05, 0) is 26.0 Å². The molecule has 1 heterocycles. The summed E-state index contributed by atoms with van der Waals surface area (Å²) in [5, 5.41) is 7.56. The molecule has 0 saturated heterocycles. The first-order chi connectivity index (χ1) is 9.92. The second kappa shape index (κ2) is 6.18. The molecule has 1 N–H and O–H groups in total. The van der Waals surface area contributed by atoms with Crippen LogP contribution in [0.4, 0.5) is 5.69 Å². The number of aryl methyl sites for hydroxylation is 2. The van der Waals surface area contributed by atoms with Crippen LogP contribution in [0.1, 0.15) is 17.0 Å². The number of ether oxygens (including phenoxy) is 1. The molecule has 0 atom stereocenters. The van der Waals surface area contributed by atoms with Gasteiger partial charge in [0.1, 0.15) is 5.75 Å². The molecule has 0 saturated carbocycles. The van der Waals surface area contributed by atoms with Gasteiger partial charge < -0.3 is 10.1 Å². The highest BCUT2D eigenvalue weighted by Gasteiger charge is 2.14. The molecule has 0 fully saturated rings. The summed E-state index contributed by atoms with van der Waals surface area (Å²) >= 11 is 6.11. The summed E-state index contributed by atoms with van der Waals surface area (Å²) in [6.07, 6.45) is 0.272. The SMILES string of the molecule is COc1ccc(NC(=O)Cc2c(C)nn(C)c2C)c(Cl)c1. The summed E-state index contributed by atoms with van der Waals surface area (Å²) in [6.45, 7) is 3.85. The molecule has 0 aliphatic rings. The van der Waals surface area contributed by atoms with E-state index in [4.69, 9.17) is 16.3 Å². The van der Waals surface area contributed by atoms with Crippen molar-refractivity contribution in [2.75, 3.05) is 12.4 Å². The molecule has 0 spiro atoms. The fourth-order valence-electron chi connectivity index (χ4n) is 2.15. The van der Waals surface area contributed by atoms with Crippen molar-refractivity contribution in [3.05, 3.63) is 40.2 Å². The van der Waals surface area contributed by atoms with Crippen molar-refractivity contribution in [3.8, 4) is 5.75 Å². The van der Waals surface area contributed by atoms with Crippen LogP contribution in [0.3, 0.4) is 0 Å². The molecule has 5 nitrogen and oxygen atoms in total. The number of anilines is 1. The number of nitrogens with one attached hydrogen (secondary N) is 1. The average molecular weight is 308 g/mol. The summed E-state index contributed by atoms with van der Waals surface area (Å²) in [5.74, 6) is 0.526. The number of carbonyl (C=O) groups is 1. The Balaban J connectivity index is 2.12. The Hall–Kier alpha value is -2.01. The van der Waals surface area contributed by atoms with Gasteiger partial charge >= 0.3 is 0 Å². The van der Waals surface area contributed by atoms with Gasteiger partial charge in [-0.1, -0.05) is 11.6 Å². The molecule has 1 aromatic heterocycles. The Bertz CT molecular complexity index is 680. The van der Waals surface area contributed by atoms with E-state index in [0.717, 1.165) is 17.0 Å². The number of carbonyl (C=O) groups excluding carboxylic acids is 1. The highest BCUT2D eigenvalue weighted by molar-refractivity contribution is 6.33. The Kier molecular flexibility index (Phi) is 4.53. The lowest BCUT2D eigenvalue weighted by molar-refractivity contribution is -0.115. The lowest BCUT2D eigenvalue weighted by Crippen LogP contribution is -2.15. The number of halogens is 1. The van der Waals surface area contributed by atoms with E-state index in [1.807, 2.05) is 20.9 Å². The van der Waals surface area contributed by atoms with Gasteiger partial charge in [0, 0.05) is 24.4 Å². The molecule has 2 rings (SSSR count). The minimum absolute atomic E-state index is 0.124. The fourth-order valence-corrected chi connectivity index (χ4v) is 2.37. The van der Waals surface area contributed by atoms with Crippen molar-refractivity contribution in [3.63, 3.8) is 0 Å². The first kappa shape index (κ1) is 15.4. The van der Waals surface area contributed by atoms with Crippen LogP contribution in [0.2, 0.25) is 5.02 Å². The average Bonchev–Trinajstić information content (AvgIpc) is 2.67. The summed E-state index contributed by atoms with van der Waals surface area (Å²) in [7, 11) is 3.43. The first-order valence-electron chi connectivity index (χ1n) is 6.55. The maximum atomic E-state index is 12.2. The normalized spacial score (nSPS) is 10.5. The third-order valence-electron chi connectivity index (χ3n) is 3.45. The lowest BCUT2D eigenvalue weighted by Gasteiger charge is -2.09. The Morgan fingerprint density at radius 1 is 1.43 bits per heavy atom. The van der Waals surface area contributed by atoms with Gasteiger partial charge in [-0.25, -0.2) is 0 Å².